The van der Waals surface area contributed by atoms with Crippen LogP contribution >= 0.6 is 11.6 Å². The van der Waals surface area contributed by atoms with Gasteiger partial charge in [-0.1, -0.05) is 18.5 Å². The zero-order chi connectivity index (χ0) is 13.5. The Kier molecular flexibility index (Phi) is 5.38. The molecule has 0 saturated carbocycles. The average molecular weight is 272 g/mol. The summed E-state index contributed by atoms with van der Waals surface area (Å²) in [6, 6.07) is 3.14. The topological polar surface area (TPSA) is 94.3 Å². The van der Waals surface area contributed by atoms with Gasteiger partial charge in [-0.25, -0.2) is 9.78 Å². The van der Waals surface area contributed by atoms with Gasteiger partial charge in [-0.3, -0.25) is 4.79 Å². The first-order valence-electron chi connectivity index (χ1n) is 5.39. The van der Waals surface area contributed by atoms with Crippen molar-refractivity contribution in [2.75, 3.05) is 13.2 Å². The lowest BCUT2D eigenvalue weighted by Crippen LogP contribution is -2.29. The van der Waals surface area contributed by atoms with E-state index in [1.165, 1.54) is 6.07 Å². The van der Waals surface area contributed by atoms with Gasteiger partial charge >= 0.3 is 6.09 Å². The van der Waals surface area contributed by atoms with Crippen molar-refractivity contribution < 1.29 is 14.3 Å². The molecule has 0 fully saturated rings. The number of aryl methyl sites for hydroxylation is 1. The predicted octanol–water partition coefficient (Wildman–Crippen LogP) is 1.12. The SMILES string of the molecule is CCc1cc(C(=O)NCCOC(N)=O)cc(Cl)n1. The molecule has 18 heavy (non-hydrogen) atoms. The van der Waals surface area contributed by atoms with Gasteiger partial charge in [0, 0.05) is 11.3 Å². The molecule has 98 valence electrons. The highest BCUT2D eigenvalue weighted by Crippen LogP contribution is 2.11. The van der Waals surface area contributed by atoms with E-state index in [0.717, 1.165) is 5.69 Å². The van der Waals surface area contributed by atoms with E-state index in [2.05, 4.69) is 15.0 Å². The van der Waals surface area contributed by atoms with Crippen LogP contribution in [0.5, 0.6) is 0 Å². The van der Waals surface area contributed by atoms with Gasteiger partial charge in [0.2, 0.25) is 0 Å². The Morgan fingerprint density at radius 3 is 2.83 bits per heavy atom. The maximum atomic E-state index is 11.7. The molecule has 0 atom stereocenters. The van der Waals surface area contributed by atoms with Gasteiger partial charge in [0.25, 0.3) is 5.91 Å². The van der Waals surface area contributed by atoms with E-state index in [1.807, 2.05) is 6.92 Å². The molecule has 1 aromatic rings. The molecule has 0 saturated heterocycles. The Bertz CT molecular complexity index is 451. The second-order valence-corrected chi connectivity index (χ2v) is 3.83. The Balaban J connectivity index is 2.55. The molecule has 1 heterocycles. The van der Waals surface area contributed by atoms with Crippen LogP contribution in [0.25, 0.3) is 0 Å². The number of hydrogen-bond acceptors (Lipinski definition) is 4. The van der Waals surface area contributed by atoms with Crippen molar-refractivity contribution in [1.29, 1.82) is 0 Å². The maximum absolute atomic E-state index is 11.7. The lowest BCUT2D eigenvalue weighted by molar-refractivity contribution is 0.0936. The summed E-state index contributed by atoms with van der Waals surface area (Å²) in [6.45, 7) is 2.13. The molecule has 0 aliphatic heterocycles. The van der Waals surface area contributed by atoms with Crippen molar-refractivity contribution in [2.24, 2.45) is 5.73 Å². The van der Waals surface area contributed by atoms with Crippen LogP contribution in [0.3, 0.4) is 0 Å². The van der Waals surface area contributed by atoms with E-state index < -0.39 is 6.09 Å². The van der Waals surface area contributed by atoms with Crippen LogP contribution in [0.1, 0.15) is 23.0 Å². The lowest BCUT2D eigenvalue weighted by atomic mass is 10.2. The minimum absolute atomic E-state index is 0.0283. The number of primary amides is 1. The third-order valence-electron chi connectivity index (χ3n) is 2.10. The fraction of sp³-hybridized carbons (Fsp3) is 0.364. The summed E-state index contributed by atoms with van der Waals surface area (Å²) < 4.78 is 4.48. The van der Waals surface area contributed by atoms with E-state index >= 15 is 0 Å². The number of halogens is 1. The standard InChI is InChI=1S/C11H14ClN3O3/c1-2-8-5-7(6-9(12)15-8)10(16)14-3-4-18-11(13)17/h5-6H,2-4H2,1H3,(H2,13,17)(H,14,16). The van der Waals surface area contributed by atoms with Crippen LogP contribution in [-0.4, -0.2) is 30.1 Å². The molecule has 0 unspecified atom stereocenters. The summed E-state index contributed by atoms with van der Waals surface area (Å²) in [5.41, 5.74) is 5.94. The van der Waals surface area contributed by atoms with E-state index in [4.69, 9.17) is 17.3 Å². The third-order valence-corrected chi connectivity index (χ3v) is 2.30. The van der Waals surface area contributed by atoms with Gasteiger partial charge in [0.05, 0.1) is 6.54 Å². The van der Waals surface area contributed by atoms with Crippen molar-refractivity contribution >= 4 is 23.6 Å². The normalized spacial score (nSPS) is 9.89. The van der Waals surface area contributed by atoms with E-state index in [1.54, 1.807) is 6.07 Å². The Morgan fingerprint density at radius 2 is 2.22 bits per heavy atom. The van der Waals surface area contributed by atoms with Crippen LogP contribution < -0.4 is 11.1 Å². The summed E-state index contributed by atoms with van der Waals surface area (Å²) in [6.07, 6.45) is -0.185. The second kappa shape index (κ2) is 6.80. The van der Waals surface area contributed by atoms with Crippen molar-refractivity contribution in [3.05, 3.63) is 28.5 Å². The molecule has 7 heteroatoms. The van der Waals surface area contributed by atoms with Crippen molar-refractivity contribution in [3.8, 4) is 0 Å². The van der Waals surface area contributed by atoms with E-state index in [0.29, 0.717) is 12.0 Å². The van der Waals surface area contributed by atoms with Gasteiger partial charge in [-0.15, -0.1) is 0 Å². The molecule has 0 aliphatic rings. The minimum atomic E-state index is -0.871. The number of amides is 2. The van der Waals surface area contributed by atoms with Gasteiger partial charge in [-0.2, -0.15) is 0 Å². The molecule has 0 spiro atoms. The van der Waals surface area contributed by atoms with E-state index in [-0.39, 0.29) is 24.2 Å². The highest BCUT2D eigenvalue weighted by atomic mass is 35.5. The minimum Gasteiger partial charge on any atom is -0.448 e. The highest BCUT2D eigenvalue weighted by Gasteiger charge is 2.08. The summed E-state index contributed by atoms with van der Waals surface area (Å²) >= 11 is 5.80. The molecular weight excluding hydrogens is 258 g/mol. The number of hydrogen-bond donors (Lipinski definition) is 2. The smallest absolute Gasteiger partial charge is 0.404 e. The predicted molar refractivity (Wildman–Crippen MR) is 66.5 cm³/mol. The summed E-state index contributed by atoms with van der Waals surface area (Å²) in [5.74, 6) is -0.304. The highest BCUT2D eigenvalue weighted by molar-refractivity contribution is 6.29. The quantitative estimate of drug-likeness (QED) is 0.620. The number of aromatic nitrogens is 1. The zero-order valence-electron chi connectivity index (χ0n) is 9.90. The average Bonchev–Trinajstić information content (AvgIpc) is 2.33. The Hall–Kier alpha value is -1.82. The number of carbonyl (C=O) groups is 2. The molecule has 0 aliphatic carbocycles. The van der Waals surface area contributed by atoms with Crippen molar-refractivity contribution in [3.63, 3.8) is 0 Å². The van der Waals surface area contributed by atoms with Crippen LogP contribution in [0, 0.1) is 0 Å². The van der Waals surface area contributed by atoms with Gasteiger partial charge in [0.15, 0.2) is 0 Å². The Labute approximate surface area is 109 Å². The van der Waals surface area contributed by atoms with E-state index in [9.17, 15) is 9.59 Å². The zero-order valence-corrected chi connectivity index (χ0v) is 10.7. The van der Waals surface area contributed by atoms with Crippen LogP contribution in [0.2, 0.25) is 5.15 Å². The number of nitrogens with one attached hydrogen (secondary N) is 1. The third kappa shape index (κ3) is 4.58. The summed E-state index contributed by atoms with van der Waals surface area (Å²) in [5, 5.41) is 2.85. The molecule has 6 nitrogen and oxygen atoms in total. The number of pyridine rings is 1. The molecule has 0 bridgehead atoms. The molecule has 0 aromatic carbocycles. The number of rotatable bonds is 5. The monoisotopic (exact) mass is 271 g/mol. The number of carbonyl (C=O) groups excluding carboxylic acids is 2. The lowest BCUT2D eigenvalue weighted by Gasteiger charge is -2.06. The van der Waals surface area contributed by atoms with Crippen LogP contribution in [-0.2, 0) is 11.2 Å². The summed E-state index contributed by atoms with van der Waals surface area (Å²) in [7, 11) is 0. The first kappa shape index (κ1) is 14.2. The number of ether oxygens (including phenoxy) is 1. The Morgan fingerprint density at radius 1 is 1.50 bits per heavy atom. The molecule has 1 rings (SSSR count). The largest absolute Gasteiger partial charge is 0.448 e. The fourth-order valence-electron chi connectivity index (χ4n) is 1.28. The number of nitrogens with two attached hydrogens (primary N) is 1. The summed E-state index contributed by atoms with van der Waals surface area (Å²) in [4.78, 5) is 26.1. The van der Waals surface area contributed by atoms with Crippen molar-refractivity contribution in [2.45, 2.75) is 13.3 Å². The molecule has 2 amide bonds. The van der Waals surface area contributed by atoms with Gasteiger partial charge in [-0.05, 0) is 18.6 Å². The van der Waals surface area contributed by atoms with Crippen LogP contribution in [0.4, 0.5) is 4.79 Å². The molecule has 1 aromatic heterocycles. The fourth-order valence-corrected chi connectivity index (χ4v) is 1.51. The van der Waals surface area contributed by atoms with Gasteiger partial charge < -0.3 is 15.8 Å². The molecular formula is C11H14ClN3O3. The molecule has 3 N–H and O–H groups in total. The van der Waals surface area contributed by atoms with Crippen molar-refractivity contribution in [1.82, 2.24) is 10.3 Å². The van der Waals surface area contributed by atoms with Crippen LogP contribution in [0.15, 0.2) is 12.1 Å². The maximum Gasteiger partial charge on any atom is 0.404 e. The first-order chi connectivity index (χ1) is 8.52. The first-order valence-corrected chi connectivity index (χ1v) is 5.77. The molecule has 0 radical (unpaired) electrons. The van der Waals surface area contributed by atoms with Gasteiger partial charge in [0.1, 0.15) is 11.8 Å². The number of nitrogens with zero attached hydrogens (tertiary/aromatic N) is 1. The second-order valence-electron chi connectivity index (χ2n) is 3.45.